The van der Waals surface area contributed by atoms with E-state index in [0.717, 1.165) is 30.4 Å². The number of nitrogens with one attached hydrogen (secondary N) is 1. The SMILES string of the molecule is CC(C)(C)[S@](=O)NC(CCC1COCCO1)c1cc(Cl)cc2c1CCOC2. The summed E-state index contributed by atoms with van der Waals surface area (Å²) in [4.78, 5) is 0. The van der Waals surface area contributed by atoms with E-state index in [1.807, 2.05) is 32.9 Å². The van der Waals surface area contributed by atoms with Crippen LogP contribution >= 0.6 is 11.6 Å². The fraction of sp³-hybridized carbons (Fsp3) is 0.700. The molecule has 0 radical (unpaired) electrons. The molecule has 3 atom stereocenters. The van der Waals surface area contributed by atoms with Crippen LogP contribution in [0.1, 0.15) is 56.3 Å². The van der Waals surface area contributed by atoms with Crippen molar-refractivity contribution in [3.05, 3.63) is 33.8 Å². The summed E-state index contributed by atoms with van der Waals surface area (Å²) in [6.07, 6.45) is 2.59. The minimum Gasteiger partial charge on any atom is -0.376 e. The summed E-state index contributed by atoms with van der Waals surface area (Å²) in [5.41, 5.74) is 3.54. The molecule has 0 saturated carbocycles. The van der Waals surface area contributed by atoms with Crippen LogP contribution in [0.4, 0.5) is 0 Å². The number of halogens is 1. The smallest absolute Gasteiger partial charge is 0.0975 e. The van der Waals surface area contributed by atoms with Gasteiger partial charge in [0.15, 0.2) is 0 Å². The molecule has 1 saturated heterocycles. The molecule has 1 aromatic rings. The molecule has 0 aromatic heterocycles. The van der Waals surface area contributed by atoms with Crippen molar-refractivity contribution in [3.8, 4) is 0 Å². The predicted molar refractivity (Wildman–Crippen MR) is 108 cm³/mol. The van der Waals surface area contributed by atoms with Crippen molar-refractivity contribution in [3.63, 3.8) is 0 Å². The Labute approximate surface area is 169 Å². The highest BCUT2D eigenvalue weighted by atomic mass is 35.5. The Morgan fingerprint density at radius 2 is 2.07 bits per heavy atom. The number of fused-ring (bicyclic) bond motifs is 1. The van der Waals surface area contributed by atoms with Crippen molar-refractivity contribution in [2.75, 3.05) is 26.4 Å². The molecule has 5 nitrogen and oxygen atoms in total. The first kappa shape index (κ1) is 21.2. The highest BCUT2D eigenvalue weighted by Gasteiger charge is 2.28. The summed E-state index contributed by atoms with van der Waals surface area (Å²) < 4.78 is 32.8. The Kier molecular flexibility index (Phi) is 7.33. The summed E-state index contributed by atoms with van der Waals surface area (Å²) >= 11 is 6.40. The van der Waals surface area contributed by atoms with Crippen LogP contribution in [0, 0.1) is 0 Å². The van der Waals surface area contributed by atoms with E-state index in [0.29, 0.717) is 38.1 Å². The Bertz CT molecular complexity index is 671. The van der Waals surface area contributed by atoms with Crippen LogP contribution in [-0.4, -0.2) is 41.5 Å². The molecule has 0 bridgehead atoms. The molecule has 1 fully saturated rings. The number of ether oxygens (including phenoxy) is 3. The molecule has 0 aliphatic carbocycles. The van der Waals surface area contributed by atoms with Crippen molar-refractivity contribution in [1.29, 1.82) is 0 Å². The molecular formula is C20H30ClNO4S. The largest absolute Gasteiger partial charge is 0.376 e. The van der Waals surface area contributed by atoms with Crippen molar-refractivity contribution in [1.82, 2.24) is 4.72 Å². The lowest BCUT2D eigenvalue weighted by molar-refractivity contribution is -0.0916. The maximum atomic E-state index is 12.8. The fourth-order valence-corrected chi connectivity index (χ4v) is 4.56. The Morgan fingerprint density at radius 3 is 2.78 bits per heavy atom. The average Bonchev–Trinajstić information content (AvgIpc) is 2.64. The Hall–Kier alpha value is -0.500. The van der Waals surface area contributed by atoms with Crippen LogP contribution in [-0.2, 0) is 38.2 Å². The maximum absolute atomic E-state index is 12.8. The van der Waals surface area contributed by atoms with Gasteiger partial charge in [-0.1, -0.05) is 11.6 Å². The molecule has 2 aliphatic heterocycles. The molecule has 0 amide bonds. The van der Waals surface area contributed by atoms with E-state index < -0.39 is 11.0 Å². The van der Waals surface area contributed by atoms with Gasteiger partial charge in [0.05, 0.1) is 54.9 Å². The Morgan fingerprint density at radius 1 is 1.26 bits per heavy atom. The molecule has 152 valence electrons. The third kappa shape index (κ3) is 5.75. The van der Waals surface area contributed by atoms with E-state index >= 15 is 0 Å². The normalized spacial score (nSPS) is 22.9. The monoisotopic (exact) mass is 415 g/mol. The van der Waals surface area contributed by atoms with Crippen molar-refractivity contribution >= 4 is 22.6 Å². The zero-order valence-electron chi connectivity index (χ0n) is 16.4. The predicted octanol–water partition coefficient (Wildman–Crippen LogP) is 3.70. The maximum Gasteiger partial charge on any atom is 0.0975 e. The lowest BCUT2D eigenvalue weighted by atomic mass is 9.90. The fourth-order valence-electron chi connectivity index (χ4n) is 3.46. The van der Waals surface area contributed by atoms with Crippen LogP contribution in [0.5, 0.6) is 0 Å². The standard InChI is InChI=1S/C20H30ClNO4S/c1-20(2,3)27(23)22-19(5-4-16-13-25-8-9-26-16)18-11-15(21)10-14-12-24-7-6-17(14)18/h10-11,16,19,22H,4-9,12-13H2,1-3H3/t16?,19?,27-/m0/s1. The van der Waals surface area contributed by atoms with Gasteiger partial charge < -0.3 is 14.2 Å². The molecule has 1 aromatic carbocycles. The molecule has 2 aliphatic rings. The molecule has 3 rings (SSSR count). The molecule has 0 spiro atoms. The highest BCUT2D eigenvalue weighted by molar-refractivity contribution is 7.84. The first-order valence-corrected chi connectivity index (χ1v) is 11.1. The van der Waals surface area contributed by atoms with E-state index in [-0.39, 0.29) is 16.9 Å². The van der Waals surface area contributed by atoms with E-state index in [9.17, 15) is 4.21 Å². The van der Waals surface area contributed by atoms with Gasteiger partial charge in [0, 0.05) is 11.1 Å². The summed E-state index contributed by atoms with van der Waals surface area (Å²) in [7, 11) is -1.18. The molecule has 2 unspecified atom stereocenters. The van der Waals surface area contributed by atoms with E-state index in [1.165, 1.54) is 5.56 Å². The number of rotatable bonds is 6. The average molecular weight is 416 g/mol. The highest BCUT2D eigenvalue weighted by Crippen LogP contribution is 2.33. The van der Waals surface area contributed by atoms with Crippen molar-refractivity contribution in [2.45, 2.75) is 63.5 Å². The molecular weight excluding hydrogens is 386 g/mol. The van der Waals surface area contributed by atoms with Gasteiger partial charge in [-0.25, -0.2) is 8.93 Å². The summed E-state index contributed by atoms with van der Waals surface area (Å²) in [6, 6.07) is 3.94. The minimum atomic E-state index is -1.18. The van der Waals surface area contributed by atoms with E-state index in [2.05, 4.69) is 4.72 Å². The lowest BCUT2D eigenvalue weighted by Crippen LogP contribution is -2.37. The first-order chi connectivity index (χ1) is 12.8. The zero-order chi connectivity index (χ0) is 19.4. The van der Waals surface area contributed by atoms with Crippen LogP contribution in [0.2, 0.25) is 5.02 Å². The van der Waals surface area contributed by atoms with Gasteiger partial charge in [0.1, 0.15) is 0 Å². The number of benzene rings is 1. The van der Waals surface area contributed by atoms with Gasteiger partial charge in [-0.3, -0.25) is 0 Å². The van der Waals surface area contributed by atoms with Crippen LogP contribution in [0.15, 0.2) is 12.1 Å². The van der Waals surface area contributed by atoms with Crippen LogP contribution in [0.25, 0.3) is 0 Å². The van der Waals surface area contributed by atoms with E-state index in [4.69, 9.17) is 25.8 Å². The first-order valence-electron chi connectivity index (χ1n) is 9.61. The summed E-state index contributed by atoms with van der Waals surface area (Å²) in [5, 5.41) is 0.694. The quantitative estimate of drug-likeness (QED) is 0.769. The van der Waals surface area contributed by atoms with Gasteiger partial charge in [-0.05, 0) is 68.9 Å². The van der Waals surface area contributed by atoms with Gasteiger partial charge in [0.25, 0.3) is 0 Å². The minimum absolute atomic E-state index is 0.0545. The van der Waals surface area contributed by atoms with Gasteiger partial charge in [-0.15, -0.1) is 0 Å². The number of hydrogen-bond acceptors (Lipinski definition) is 4. The topological polar surface area (TPSA) is 56.8 Å². The summed E-state index contributed by atoms with van der Waals surface area (Å²) in [5.74, 6) is 0. The summed E-state index contributed by atoms with van der Waals surface area (Å²) in [6.45, 7) is 9.14. The molecule has 27 heavy (non-hydrogen) atoms. The van der Waals surface area contributed by atoms with Crippen LogP contribution in [0.3, 0.4) is 0 Å². The zero-order valence-corrected chi connectivity index (χ0v) is 18.0. The van der Waals surface area contributed by atoms with E-state index in [1.54, 1.807) is 0 Å². The van der Waals surface area contributed by atoms with Gasteiger partial charge in [0.2, 0.25) is 0 Å². The van der Waals surface area contributed by atoms with Gasteiger partial charge >= 0.3 is 0 Å². The second kappa shape index (κ2) is 9.33. The Balaban J connectivity index is 1.84. The van der Waals surface area contributed by atoms with Crippen molar-refractivity contribution in [2.24, 2.45) is 0 Å². The van der Waals surface area contributed by atoms with Gasteiger partial charge in [-0.2, -0.15) is 0 Å². The second-order valence-electron chi connectivity index (χ2n) is 8.13. The third-order valence-corrected chi connectivity index (χ3v) is 6.77. The van der Waals surface area contributed by atoms with Crippen LogP contribution < -0.4 is 4.72 Å². The molecule has 7 heteroatoms. The lowest BCUT2D eigenvalue weighted by Gasteiger charge is -2.30. The number of hydrogen-bond donors (Lipinski definition) is 1. The second-order valence-corrected chi connectivity index (χ2v) is 10.6. The molecule has 1 N–H and O–H groups in total. The third-order valence-electron chi connectivity index (χ3n) is 4.94. The van der Waals surface area contributed by atoms with Crippen molar-refractivity contribution < 1.29 is 18.4 Å². The molecule has 2 heterocycles.